The van der Waals surface area contributed by atoms with Gasteiger partial charge in [0.15, 0.2) is 5.78 Å². The van der Waals surface area contributed by atoms with Crippen molar-refractivity contribution in [2.24, 2.45) is 0 Å². The summed E-state index contributed by atoms with van der Waals surface area (Å²) in [5, 5.41) is 4.78. The first kappa shape index (κ1) is 21.1. The number of hydrogen-bond acceptors (Lipinski definition) is 1. The summed E-state index contributed by atoms with van der Waals surface area (Å²) >= 11 is 0. The summed E-state index contributed by atoms with van der Waals surface area (Å²) < 4.78 is 0. The van der Waals surface area contributed by atoms with Crippen LogP contribution in [-0.4, -0.2) is 5.78 Å². The van der Waals surface area contributed by atoms with Gasteiger partial charge >= 0.3 is 0 Å². The highest BCUT2D eigenvalue weighted by molar-refractivity contribution is 8.01. The van der Waals surface area contributed by atoms with Gasteiger partial charge in [0.2, 0.25) is 0 Å². The second-order valence-corrected chi connectivity index (χ2v) is 11.3. The average Bonchev–Trinajstić information content (AvgIpc) is 2.91. The van der Waals surface area contributed by atoms with Gasteiger partial charge in [-0.15, -0.1) is 0 Å². The number of hydrogen-bond donors (Lipinski definition) is 0. The molecule has 5 rings (SSSR count). The summed E-state index contributed by atoms with van der Waals surface area (Å²) in [7, 11) is -2.34. The van der Waals surface area contributed by atoms with Gasteiger partial charge in [-0.2, -0.15) is 0 Å². The van der Waals surface area contributed by atoms with E-state index in [0.717, 1.165) is 10.9 Å². The average molecular weight is 444 g/mol. The van der Waals surface area contributed by atoms with Crippen molar-refractivity contribution in [3.05, 3.63) is 157 Å². The first-order valence-electron chi connectivity index (χ1n) is 11.1. The molecule has 0 aliphatic carbocycles. The Kier molecular flexibility index (Phi) is 5.98. The molecule has 5 aromatic rings. The van der Waals surface area contributed by atoms with Gasteiger partial charge in [-0.25, -0.2) is 0 Å². The summed E-state index contributed by atoms with van der Waals surface area (Å²) in [6, 6.07) is 49.7. The minimum atomic E-state index is -2.34. The van der Waals surface area contributed by atoms with Gasteiger partial charge in [0.25, 0.3) is 0 Å². The van der Waals surface area contributed by atoms with E-state index in [1.165, 1.54) is 15.9 Å². The van der Waals surface area contributed by atoms with E-state index in [1.54, 1.807) is 0 Å². The predicted octanol–water partition coefficient (Wildman–Crippen LogP) is 5.54. The molecule has 0 aliphatic rings. The highest BCUT2D eigenvalue weighted by atomic mass is 31.2. The molecular formula is C31H24OP+. The Morgan fingerprint density at radius 1 is 0.424 bits per heavy atom. The second-order valence-electron chi connectivity index (χ2n) is 7.89. The van der Waals surface area contributed by atoms with E-state index in [-0.39, 0.29) is 5.78 Å². The van der Waals surface area contributed by atoms with Crippen LogP contribution in [-0.2, 0) is 0 Å². The molecule has 0 aliphatic heterocycles. The molecule has 0 spiro atoms. The number of ketones is 1. The molecule has 0 heterocycles. The van der Waals surface area contributed by atoms with Crippen LogP contribution in [0.4, 0.5) is 0 Å². The lowest BCUT2D eigenvalue weighted by Gasteiger charge is -2.29. The molecule has 0 amide bonds. The lowest BCUT2D eigenvalue weighted by molar-refractivity contribution is 0.104. The minimum Gasteiger partial charge on any atom is -0.288 e. The van der Waals surface area contributed by atoms with Crippen molar-refractivity contribution in [1.82, 2.24) is 0 Å². The lowest BCUT2D eigenvalue weighted by Crippen LogP contribution is -2.40. The Morgan fingerprint density at radius 2 is 0.788 bits per heavy atom. The molecule has 0 saturated carbocycles. The van der Waals surface area contributed by atoms with Crippen molar-refractivity contribution in [3.8, 4) is 0 Å². The normalized spacial score (nSPS) is 11.2. The number of rotatable bonds is 6. The van der Waals surface area contributed by atoms with Crippen molar-refractivity contribution in [3.63, 3.8) is 0 Å². The first-order chi connectivity index (χ1) is 16.3. The number of benzene rings is 5. The monoisotopic (exact) mass is 443 g/mol. The predicted molar refractivity (Wildman–Crippen MR) is 141 cm³/mol. The molecule has 33 heavy (non-hydrogen) atoms. The molecule has 0 atom stereocenters. The first-order valence-corrected chi connectivity index (χ1v) is 12.9. The SMILES string of the molecule is O=C(c1ccccc1)c1ccccc1[P+](c1ccccc1)(c1ccccc1)c1ccccc1. The zero-order valence-corrected chi connectivity index (χ0v) is 19.1. The molecule has 0 radical (unpaired) electrons. The minimum absolute atomic E-state index is 0.0540. The molecule has 158 valence electrons. The lowest BCUT2D eigenvalue weighted by atomic mass is 10.0. The Balaban J connectivity index is 1.89. The maximum Gasteiger partial charge on any atom is 0.197 e. The molecule has 1 nitrogen and oxygen atoms in total. The topological polar surface area (TPSA) is 17.1 Å². The molecule has 2 heteroatoms. The number of carbonyl (C=O) groups excluding carboxylic acids is 1. The second kappa shape index (κ2) is 9.36. The third kappa shape index (κ3) is 3.82. The molecule has 0 bridgehead atoms. The molecular weight excluding hydrogens is 419 g/mol. The van der Waals surface area contributed by atoms with E-state index in [0.29, 0.717) is 5.56 Å². The standard InChI is InChI=1S/C31H24OP/c32-31(25-15-5-1-6-16-25)29-23-13-14-24-30(29)33(26-17-7-2-8-18-26,27-19-9-3-10-20-27)28-21-11-4-12-22-28/h1-24H/q+1. The third-order valence-corrected chi connectivity index (χ3v) is 10.3. The van der Waals surface area contributed by atoms with Crippen LogP contribution in [0, 0.1) is 0 Å². The Hall–Kier alpha value is -3.80. The quantitative estimate of drug-likeness (QED) is 0.249. The summed E-state index contributed by atoms with van der Waals surface area (Å²) in [5.41, 5.74) is 1.46. The largest absolute Gasteiger partial charge is 0.288 e. The summed E-state index contributed by atoms with van der Waals surface area (Å²) in [6.07, 6.45) is 0. The zero-order chi connectivity index (χ0) is 22.5. The maximum atomic E-state index is 13.8. The van der Waals surface area contributed by atoms with Gasteiger partial charge in [-0.3, -0.25) is 4.79 Å². The Morgan fingerprint density at radius 3 is 1.24 bits per heavy atom. The van der Waals surface area contributed by atoms with Crippen LogP contribution >= 0.6 is 7.26 Å². The van der Waals surface area contributed by atoms with Crippen LogP contribution in [0.5, 0.6) is 0 Å². The molecule has 0 fully saturated rings. The molecule has 5 aromatic carbocycles. The fourth-order valence-corrected chi connectivity index (χ4v) is 8.96. The van der Waals surface area contributed by atoms with Gasteiger partial charge in [-0.05, 0) is 48.5 Å². The fraction of sp³-hybridized carbons (Fsp3) is 0. The van der Waals surface area contributed by atoms with Crippen molar-refractivity contribution in [1.29, 1.82) is 0 Å². The molecule has 0 N–H and O–H groups in total. The van der Waals surface area contributed by atoms with Crippen LogP contribution in [0.3, 0.4) is 0 Å². The smallest absolute Gasteiger partial charge is 0.197 e. The summed E-state index contributed by atoms with van der Waals surface area (Å²) in [5.74, 6) is 0.0540. The zero-order valence-electron chi connectivity index (χ0n) is 18.2. The molecule has 0 aromatic heterocycles. The van der Waals surface area contributed by atoms with Gasteiger partial charge in [0, 0.05) is 5.56 Å². The van der Waals surface area contributed by atoms with E-state index < -0.39 is 7.26 Å². The van der Waals surface area contributed by atoms with Gasteiger partial charge < -0.3 is 0 Å². The molecule has 0 saturated heterocycles. The van der Waals surface area contributed by atoms with Crippen molar-refractivity contribution >= 4 is 34.3 Å². The van der Waals surface area contributed by atoms with E-state index >= 15 is 0 Å². The van der Waals surface area contributed by atoms with E-state index in [2.05, 4.69) is 103 Å². The van der Waals surface area contributed by atoms with Crippen molar-refractivity contribution in [2.75, 3.05) is 0 Å². The van der Waals surface area contributed by atoms with E-state index in [1.807, 2.05) is 42.5 Å². The maximum absolute atomic E-state index is 13.8. The van der Waals surface area contributed by atoms with E-state index in [4.69, 9.17) is 0 Å². The molecule has 0 unspecified atom stereocenters. The van der Waals surface area contributed by atoms with Gasteiger partial charge in [-0.1, -0.05) is 97.1 Å². The van der Waals surface area contributed by atoms with Crippen LogP contribution in [0.1, 0.15) is 15.9 Å². The van der Waals surface area contributed by atoms with Crippen LogP contribution in [0.15, 0.2) is 146 Å². The fourth-order valence-electron chi connectivity index (χ4n) is 4.52. The summed E-state index contributed by atoms with van der Waals surface area (Å²) in [6.45, 7) is 0. The Labute approximate surface area is 195 Å². The highest BCUT2D eigenvalue weighted by Gasteiger charge is 2.49. The van der Waals surface area contributed by atoms with Gasteiger partial charge in [0.1, 0.15) is 28.5 Å². The highest BCUT2D eigenvalue weighted by Crippen LogP contribution is 2.55. The van der Waals surface area contributed by atoms with E-state index in [9.17, 15) is 4.79 Å². The van der Waals surface area contributed by atoms with Crippen LogP contribution in [0.2, 0.25) is 0 Å². The van der Waals surface area contributed by atoms with Gasteiger partial charge in [0.05, 0.1) is 5.56 Å². The summed E-state index contributed by atoms with van der Waals surface area (Å²) in [4.78, 5) is 13.8. The van der Waals surface area contributed by atoms with Crippen molar-refractivity contribution in [2.45, 2.75) is 0 Å². The van der Waals surface area contributed by atoms with Crippen molar-refractivity contribution < 1.29 is 4.79 Å². The Bertz CT molecular complexity index is 1250. The van der Waals surface area contributed by atoms with Crippen LogP contribution in [0.25, 0.3) is 0 Å². The number of carbonyl (C=O) groups is 1. The third-order valence-electron chi connectivity index (χ3n) is 5.98. The van der Waals surface area contributed by atoms with Crippen LogP contribution < -0.4 is 21.2 Å².